The molecule has 1 saturated carbocycles. The molecule has 1 aliphatic carbocycles. The van der Waals surface area contributed by atoms with Gasteiger partial charge < -0.3 is 15.2 Å². The standard InChI is InChI=1S/C21H31F3N2O2/c1-15-12-26(13-16(2)25-15)14-19(20(27)9-4-3-5-10-20)17-7-6-8-18(11-17)28-21(22,23)24/h6-8,11,15-16,19,25,27H,3-5,9-10,12-14H2,1-2H3. The molecule has 28 heavy (non-hydrogen) atoms. The first kappa shape index (κ1) is 21.4. The minimum absolute atomic E-state index is 0.226. The molecule has 2 N–H and O–H groups in total. The lowest BCUT2D eigenvalue weighted by Crippen LogP contribution is -2.56. The van der Waals surface area contributed by atoms with Crippen molar-refractivity contribution in [1.29, 1.82) is 0 Å². The van der Waals surface area contributed by atoms with Crippen LogP contribution in [0.1, 0.15) is 57.4 Å². The molecule has 1 aromatic rings. The Bertz CT molecular complexity index is 637. The Labute approximate surface area is 165 Å². The number of halogens is 3. The van der Waals surface area contributed by atoms with Gasteiger partial charge in [0, 0.05) is 37.6 Å². The maximum absolute atomic E-state index is 12.7. The third-order valence-electron chi connectivity index (χ3n) is 5.94. The van der Waals surface area contributed by atoms with Crippen molar-refractivity contribution < 1.29 is 23.0 Å². The number of rotatable bonds is 5. The number of benzene rings is 1. The van der Waals surface area contributed by atoms with Gasteiger partial charge in [-0.25, -0.2) is 0 Å². The third kappa shape index (κ3) is 5.61. The van der Waals surface area contributed by atoms with Gasteiger partial charge >= 0.3 is 6.36 Å². The SMILES string of the molecule is CC1CN(CC(c2cccc(OC(F)(F)F)c2)C2(O)CCCCC2)CC(C)N1. The number of ether oxygens (including phenoxy) is 1. The van der Waals surface area contributed by atoms with E-state index in [4.69, 9.17) is 0 Å². The zero-order valence-corrected chi connectivity index (χ0v) is 16.6. The lowest BCUT2D eigenvalue weighted by molar-refractivity contribution is -0.274. The number of nitrogens with one attached hydrogen (secondary N) is 1. The van der Waals surface area contributed by atoms with Gasteiger partial charge in [0.25, 0.3) is 0 Å². The fourth-order valence-corrected chi connectivity index (χ4v) is 4.87. The number of hydrogen-bond donors (Lipinski definition) is 2. The van der Waals surface area contributed by atoms with Gasteiger partial charge in [0.2, 0.25) is 0 Å². The van der Waals surface area contributed by atoms with E-state index in [1.807, 2.05) is 6.07 Å². The van der Waals surface area contributed by atoms with Crippen LogP contribution in [-0.4, -0.2) is 53.7 Å². The van der Waals surface area contributed by atoms with Crippen LogP contribution in [0.25, 0.3) is 0 Å². The van der Waals surface area contributed by atoms with Crippen LogP contribution in [0.2, 0.25) is 0 Å². The summed E-state index contributed by atoms with van der Waals surface area (Å²) in [5.74, 6) is -0.474. The molecule has 3 unspecified atom stereocenters. The van der Waals surface area contributed by atoms with Crippen LogP contribution >= 0.6 is 0 Å². The van der Waals surface area contributed by atoms with Gasteiger partial charge in [-0.05, 0) is 44.4 Å². The Hall–Kier alpha value is -1.31. The number of piperazine rings is 1. The minimum Gasteiger partial charge on any atom is -0.406 e. The molecule has 0 amide bonds. The molecule has 158 valence electrons. The Balaban J connectivity index is 1.87. The first-order valence-corrected chi connectivity index (χ1v) is 10.2. The summed E-state index contributed by atoms with van der Waals surface area (Å²) >= 11 is 0. The van der Waals surface area contributed by atoms with Crippen LogP contribution in [0.3, 0.4) is 0 Å². The fraction of sp³-hybridized carbons (Fsp3) is 0.714. The highest BCUT2D eigenvalue weighted by Crippen LogP contribution is 2.41. The molecular formula is C21H31F3N2O2. The summed E-state index contributed by atoms with van der Waals surface area (Å²) in [7, 11) is 0. The Morgan fingerprint density at radius 1 is 1.18 bits per heavy atom. The third-order valence-corrected chi connectivity index (χ3v) is 5.94. The molecule has 1 aromatic carbocycles. The summed E-state index contributed by atoms with van der Waals surface area (Å²) in [5, 5.41) is 15.0. The normalized spacial score (nSPS) is 27.4. The second kappa shape index (κ2) is 8.59. The van der Waals surface area contributed by atoms with Crippen LogP contribution in [0.5, 0.6) is 5.75 Å². The van der Waals surface area contributed by atoms with E-state index >= 15 is 0 Å². The van der Waals surface area contributed by atoms with Crippen molar-refractivity contribution in [1.82, 2.24) is 10.2 Å². The maximum atomic E-state index is 12.7. The van der Waals surface area contributed by atoms with E-state index < -0.39 is 12.0 Å². The van der Waals surface area contributed by atoms with Gasteiger partial charge in [-0.1, -0.05) is 31.4 Å². The highest BCUT2D eigenvalue weighted by atomic mass is 19.4. The lowest BCUT2D eigenvalue weighted by atomic mass is 9.72. The second-order valence-corrected chi connectivity index (χ2v) is 8.52. The molecule has 3 rings (SSSR count). The monoisotopic (exact) mass is 400 g/mol. The van der Waals surface area contributed by atoms with Gasteiger partial charge in [0.05, 0.1) is 5.60 Å². The van der Waals surface area contributed by atoms with E-state index in [-0.39, 0.29) is 11.7 Å². The Morgan fingerprint density at radius 2 is 1.82 bits per heavy atom. The lowest BCUT2D eigenvalue weighted by Gasteiger charge is -2.44. The first-order chi connectivity index (χ1) is 13.1. The zero-order chi connectivity index (χ0) is 20.4. The molecule has 2 fully saturated rings. The van der Waals surface area contributed by atoms with Gasteiger partial charge in [-0.2, -0.15) is 0 Å². The molecule has 3 atom stereocenters. The van der Waals surface area contributed by atoms with Crippen LogP contribution < -0.4 is 10.1 Å². The molecule has 0 radical (unpaired) electrons. The second-order valence-electron chi connectivity index (χ2n) is 8.52. The van der Waals surface area contributed by atoms with Gasteiger partial charge in [-0.3, -0.25) is 4.90 Å². The minimum atomic E-state index is -4.72. The van der Waals surface area contributed by atoms with Gasteiger partial charge in [0.15, 0.2) is 0 Å². The van der Waals surface area contributed by atoms with Gasteiger partial charge in [0.1, 0.15) is 5.75 Å². The van der Waals surface area contributed by atoms with Gasteiger partial charge in [-0.15, -0.1) is 13.2 Å². The highest BCUT2D eigenvalue weighted by molar-refractivity contribution is 5.33. The summed E-state index contributed by atoms with van der Waals surface area (Å²) in [4.78, 5) is 2.32. The van der Waals surface area contributed by atoms with Crippen molar-refractivity contribution in [2.24, 2.45) is 0 Å². The molecule has 1 heterocycles. The summed E-state index contributed by atoms with van der Waals surface area (Å²) in [6.07, 6.45) is -0.383. The predicted octanol–water partition coefficient (Wildman–Crippen LogP) is 4.05. The average Bonchev–Trinajstić information content (AvgIpc) is 2.58. The van der Waals surface area contributed by atoms with E-state index in [1.54, 1.807) is 6.07 Å². The largest absolute Gasteiger partial charge is 0.573 e. The molecule has 0 bridgehead atoms. The topological polar surface area (TPSA) is 44.7 Å². The number of aliphatic hydroxyl groups is 1. The van der Waals surface area contributed by atoms with Crippen LogP contribution in [-0.2, 0) is 0 Å². The smallest absolute Gasteiger partial charge is 0.406 e. The summed E-state index contributed by atoms with van der Waals surface area (Å²) in [5.41, 5.74) is -0.183. The van der Waals surface area contributed by atoms with E-state index in [0.29, 0.717) is 37.0 Å². The Kier molecular flexibility index (Phi) is 6.57. The predicted molar refractivity (Wildman–Crippen MR) is 102 cm³/mol. The van der Waals surface area contributed by atoms with Crippen molar-refractivity contribution in [3.8, 4) is 5.75 Å². The quantitative estimate of drug-likeness (QED) is 0.783. The van der Waals surface area contributed by atoms with E-state index in [2.05, 4.69) is 28.8 Å². The first-order valence-electron chi connectivity index (χ1n) is 10.2. The van der Waals surface area contributed by atoms with Crippen molar-refractivity contribution in [3.05, 3.63) is 29.8 Å². The van der Waals surface area contributed by atoms with E-state index in [1.165, 1.54) is 12.1 Å². The van der Waals surface area contributed by atoms with Crippen molar-refractivity contribution in [2.45, 2.75) is 75.9 Å². The van der Waals surface area contributed by atoms with Crippen molar-refractivity contribution in [3.63, 3.8) is 0 Å². The van der Waals surface area contributed by atoms with Crippen LogP contribution in [0.4, 0.5) is 13.2 Å². The maximum Gasteiger partial charge on any atom is 0.573 e. The molecule has 1 saturated heterocycles. The number of hydrogen-bond acceptors (Lipinski definition) is 4. The zero-order valence-electron chi connectivity index (χ0n) is 16.6. The molecule has 2 aliphatic rings. The molecule has 7 heteroatoms. The number of alkyl halides is 3. The molecule has 1 aliphatic heterocycles. The van der Waals surface area contributed by atoms with Crippen LogP contribution in [0.15, 0.2) is 24.3 Å². The van der Waals surface area contributed by atoms with E-state index in [0.717, 1.165) is 32.4 Å². The number of nitrogens with zero attached hydrogens (tertiary/aromatic N) is 1. The Morgan fingerprint density at radius 3 is 2.43 bits per heavy atom. The molecule has 0 spiro atoms. The highest BCUT2D eigenvalue weighted by Gasteiger charge is 2.40. The summed E-state index contributed by atoms with van der Waals surface area (Å²) < 4.78 is 42.2. The molecule has 0 aromatic heterocycles. The summed E-state index contributed by atoms with van der Waals surface area (Å²) in [6, 6.07) is 6.83. The van der Waals surface area contributed by atoms with E-state index in [9.17, 15) is 18.3 Å². The molecular weight excluding hydrogens is 369 g/mol. The molecule has 4 nitrogen and oxygen atoms in total. The van der Waals surface area contributed by atoms with Crippen molar-refractivity contribution in [2.75, 3.05) is 19.6 Å². The fourth-order valence-electron chi connectivity index (χ4n) is 4.87. The summed E-state index contributed by atoms with van der Waals surface area (Å²) in [6.45, 7) is 6.60. The van der Waals surface area contributed by atoms with Crippen LogP contribution in [0, 0.1) is 0 Å². The van der Waals surface area contributed by atoms with Crippen molar-refractivity contribution >= 4 is 0 Å². The average molecular weight is 400 g/mol.